The summed E-state index contributed by atoms with van der Waals surface area (Å²) in [6, 6.07) is -0.891. The molecule has 1 rings (SSSR count). The number of rotatable bonds is 3. The van der Waals surface area contributed by atoms with Crippen LogP contribution in [0.2, 0.25) is 0 Å². The van der Waals surface area contributed by atoms with Crippen molar-refractivity contribution in [1.29, 1.82) is 0 Å². The fraction of sp³-hybridized carbons (Fsp3) is 0.889. The predicted octanol–water partition coefficient (Wildman–Crippen LogP) is 0.520. The third-order valence-electron chi connectivity index (χ3n) is 2.83. The molecule has 15 heavy (non-hydrogen) atoms. The summed E-state index contributed by atoms with van der Waals surface area (Å²) in [7, 11) is -3.45. The van der Waals surface area contributed by atoms with E-state index >= 15 is 0 Å². The number of carboxylic acid groups (broad SMARTS) is 1. The van der Waals surface area contributed by atoms with Gasteiger partial charge >= 0.3 is 5.97 Å². The number of hydrogen-bond acceptors (Lipinski definition) is 3. The Hall–Kier alpha value is -0.620. The standard InChI is InChI=1S/C9H17NO4S/c1-6(2)15(13,14)10-5-4-7(3)8(10)9(11)12/h6-8H,4-5H2,1-3H3,(H,11,12). The van der Waals surface area contributed by atoms with Gasteiger partial charge in [0.25, 0.3) is 0 Å². The number of nitrogens with zero attached hydrogens (tertiary/aromatic N) is 1. The van der Waals surface area contributed by atoms with E-state index in [1.165, 1.54) is 0 Å². The maximum absolute atomic E-state index is 11.9. The highest BCUT2D eigenvalue weighted by Crippen LogP contribution is 2.28. The molecule has 0 aromatic heterocycles. The van der Waals surface area contributed by atoms with Crippen LogP contribution in [-0.2, 0) is 14.8 Å². The summed E-state index contributed by atoms with van der Waals surface area (Å²) in [6.07, 6.45) is 0.614. The Labute approximate surface area is 90.1 Å². The van der Waals surface area contributed by atoms with Gasteiger partial charge in [-0.3, -0.25) is 4.79 Å². The smallest absolute Gasteiger partial charge is 0.322 e. The van der Waals surface area contributed by atoms with Crippen LogP contribution in [0.15, 0.2) is 0 Å². The van der Waals surface area contributed by atoms with Crippen LogP contribution >= 0.6 is 0 Å². The molecule has 0 saturated carbocycles. The first kappa shape index (κ1) is 12.4. The van der Waals surface area contributed by atoms with Gasteiger partial charge in [0.15, 0.2) is 0 Å². The second kappa shape index (κ2) is 4.09. The molecule has 88 valence electrons. The quantitative estimate of drug-likeness (QED) is 0.774. The zero-order valence-electron chi connectivity index (χ0n) is 9.17. The highest BCUT2D eigenvalue weighted by Gasteiger charge is 2.44. The zero-order valence-corrected chi connectivity index (χ0v) is 9.99. The SMILES string of the molecule is CC1CCN(S(=O)(=O)C(C)C)C1C(=O)O. The Morgan fingerprint density at radius 1 is 1.47 bits per heavy atom. The van der Waals surface area contributed by atoms with Crippen LogP contribution in [0, 0.1) is 5.92 Å². The van der Waals surface area contributed by atoms with Gasteiger partial charge in [-0.15, -0.1) is 0 Å². The Morgan fingerprint density at radius 2 is 2.00 bits per heavy atom. The highest BCUT2D eigenvalue weighted by molar-refractivity contribution is 7.89. The molecule has 0 bridgehead atoms. The van der Waals surface area contributed by atoms with Crippen LogP contribution in [0.4, 0.5) is 0 Å². The Balaban J connectivity index is 3.02. The molecule has 6 heteroatoms. The molecular formula is C9H17NO4S. The summed E-state index contributed by atoms with van der Waals surface area (Å²) < 4.78 is 24.8. The van der Waals surface area contributed by atoms with Gasteiger partial charge in [0, 0.05) is 6.54 Å². The van der Waals surface area contributed by atoms with Crippen LogP contribution in [0.5, 0.6) is 0 Å². The van der Waals surface area contributed by atoms with Gasteiger partial charge in [0.1, 0.15) is 6.04 Å². The second-order valence-electron chi connectivity index (χ2n) is 4.25. The average Bonchev–Trinajstić information content (AvgIpc) is 2.47. The summed E-state index contributed by atoms with van der Waals surface area (Å²) in [4.78, 5) is 11.0. The second-order valence-corrected chi connectivity index (χ2v) is 6.70. The van der Waals surface area contributed by atoms with Crippen molar-refractivity contribution in [3.05, 3.63) is 0 Å². The minimum absolute atomic E-state index is 0.115. The lowest BCUT2D eigenvalue weighted by Crippen LogP contribution is -2.45. The van der Waals surface area contributed by atoms with Crippen molar-refractivity contribution >= 4 is 16.0 Å². The molecule has 2 atom stereocenters. The molecule has 5 nitrogen and oxygen atoms in total. The number of hydrogen-bond donors (Lipinski definition) is 1. The molecule has 0 aromatic rings. The summed E-state index contributed by atoms with van der Waals surface area (Å²) in [6.45, 7) is 5.22. The topological polar surface area (TPSA) is 74.7 Å². The fourth-order valence-corrected chi connectivity index (χ4v) is 3.35. The van der Waals surface area contributed by atoms with Crippen molar-refractivity contribution in [2.45, 2.75) is 38.5 Å². The molecule has 0 spiro atoms. The van der Waals surface area contributed by atoms with Gasteiger partial charge in [-0.25, -0.2) is 8.42 Å². The van der Waals surface area contributed by atoms with Gasteiger partial charge in [0.2, 0.25) is 10.0 Å². The molecule has 0 amide bonds. The van der Waals surface area contributed by atoms with Crippen LogP contribution in [-0.4, -0.2) is 41.6 Å². The van der Waals surface area contributed by atoms with Crippen LogP contribution in [0.25, 0.3) is 0 Å². The first-order chi connectivity index (χ1) is 6.78. The molecule has 0 aromatic carbocycles. The predicted molar refractivity (Wildman–Crippen MR) is 56.0 cm³/mol. The monoisotopic (exact) mass is 235 g/mol. The van der Waals surface area contributed by atoms with E-state index in [1.807, 2.05) is 0 Å². The molecule has 1 saturated heterocycles. The highest BCUT2D eigenvalue weighted by atomic mass is 32.2. The van der Waals surface area contributed by atoms with Gasteiger partial charge in [-0.1, -0.05) is 6.92 Å². The molecular weight excluding hydrogens is 218 g/mol. The Bertz CT molecular complexity index is 349. The van der Waals surface area contributed by atoms with Gasteiger partial charge in [-0.2, -0.15) is 4.31 Å². The van der Waals surface area contributed by atoms with Gasteiger partial charge < -0.3 is 5.11 Å². The maximum atomic E-state index is 11.9. The van der Waals surface area contributed by atoms with E-state index in [0.717, 1.165) is 4.31 Å². The van der Waals surface area contributed by atoms with Gasteiger partial charge in [0.05, 0.1) is 5.25 Å². The summed E-state index contributed by atoms with van der Waals surface area (Å²) in [5, 5.41) is 8.43. The largest absolute Gasteiger partial charge is 0.480 e. The molecule has 0 aliphatic carbocycles. The average molecular weight is 235 g/mol. The van der Waals surface area contributed by atoms with E-state index in [-0.39, 0.29) is 5.92 Å². The lowest BCUT2D eigenvalue weighted by atomic mass is 10.0. The zero-order chi connectivity index (χ0) is 11.8. The van der Waals surface area contributed by atoms with Crippen molar-refractivity contribution in [2.75, 3.05) is 6.54 Å². The molecule has 1 heterocycles. The van der Waals surface area contributed by atoms with Crippen molar-refractivity contribution in [3.8, 4) is 0 Å². The number of aliphatic carboxylic acids is 1. The van der Waals surface area contributed by atoms with Gasteiger partial charge in [-0.05, 0) is 26.2 Å². The van der Waals surface area contributed by atoms with Crippen molar-refractivity contribution in [2.24, 2.45) is 5.92 Å². The van der Waals surface area contributed by atoms with E-state index in [9.17, 15) is 13.2 Å². The van der Waals surface area contributed by atoms with Crippen LogP contribution in [0.1, 0.15) is 27.2 Å². The van der Waals surface area contributed by atoms with Crippen molar-refractivity contribution in [3.63, 3.8) is 0 Å². The van der Waals surface area contributed by atoms with Crippen LogP contribution in [0.3, 0.4) is 0 Å². The molecule has 2 unspecified atom stereocenters. The van der Waals surface area contributed by atoms with E-state index in [0.29, 0.717) is 13.0 Å². The number of sulfonamides is 1. The van der Waals surface area contributed by atoms with E-state index < -0.39 is 27.3 Å². The summed E-state index contributed by atoms with van der Waals surface area (Å²) in [5.41, 5.74) is 0. The molecule has 1 aliphatic heterocycles. The summed E-state index contributed by atoms with van der Waals surface area (Å²) in [5.74, 6) is -1.17. The Morgan fingerprint density at radius 3 is 2.40 bits per heavy atom. The first-order valence-electron chi connectivity index (χ1n) is 5.02. The van der Waals surface area contributed by atoms with E-state index in [1.54, 1.807) is 20.8 Å². The molecule has 1 N–H and O–H groups in total. The third kappa shape index (κ3) is 2.15. The molecule has 1 fully saturated rings. The molecule has 1 aliphatic rings. The lowest BCUT2D eigenvalue weighted by molar-refractivity contribution is -0.141. The Kier molecular flexibility index (Phi) is 3.40. The van der Waals surface area contributed by atoms with Crippen molar-refractivity contribution in [1.82, 2.24) is 4.31 Å². The van der Waals surface area contributed by atoms with E-state index in [4.69, 9.17) is 5.11 Å². The normalized spacial score (nSPS) is 28.5. The maximum Gasteiger partial charge on any atom is 0.322 e. The van der Waals surface area contributed by atoms with Crippen LogP contribution < -0.4 is 0 Å². The minimum atomic E-state index is -3.45. The van der Waals surface area contributed by atoms with Crippen molar-refractivity contribution < 1.29 is 18.3 Å². The number of carboxylic acids is 1. The number of carbonyl (C=O) groups is 1. The fourth-order valence-electron chi connectivity index (χ4n) is 1.83. The van der Waals surface area contributed by atoms with E-state index in [2.05, 4.69) is 0 Å². The molecule has 0 radical (unpaired) electrons. The first-order valence-corrected chi connectivity index (χ1v) is 6.52. The minimum Gasteiger partial charge on any atom is -0.480 e. The third-order valence-corrected chi connectivity index (χ3v) is 5.08. The lowest BCUT2D eigenvalue weighted by Gasteiger charge is -2.24. The summed E-state index contributed by atoms with van der Waals surface area (Å²) >= 11 is 0.